The van der Waals surface area contributed by atoms with Crippen molar-refractivity contribution in [2.75, 3.05) is 0 Å². The summed E-state index contributed by atoms with van der Waals surface area (Å²) in [5.41, 5.74) is 14.7. The first-order chi connectivity index (χ1) is 40.3. The molecule has 0 spiro atoms. The van der Waals surface area contributed by atoms with Crippen LogP contribution in [-0.2, 0) is 66.1 Å². The molecule has 0 heterocycles. The first-order valence-corrected chi connectivity index (χ1v) is 31.8. The second-order valence-electron chi connectivity index (χ2n) is 31.7. The Balaban J connectivity index is 1.42. The molecule has 9 nitrogen and oxygen atoms in total. The summed E-state index contributed by atoms with van der Waals surface area (Å²) in [4.78, 5) is 42.0. The van der Waals surface area contributed by atoms with Gasteiger partial charge in [-0.3, -0.25) is 14.4 Å². The van der Waals surface area contributed by atoms with Crippen LogP contribution in [0.3, 0.4) is 0 Å². The second-order valence-corrected chi connectivity index (χ2v) is 31.7. The number of hydrogen-bond acceptors (Lipinski definition) is 9. The molecule has 0 saturated heterocycles. The Morgan fingerprint density at radius 2 is 0.580 bits per heavy atom. The Kier molecular flexibility index (Phi) is 21.0. The van der Waals surface area contributed by atoms with Crippen LogP contribution in [-0.4, -0.2) is 33.2 Å². The summed E-state index contributed by atoms with van der Waals surface area (Å²) in [7, 11) is 0. The molecule has 3 N–H and O–H groups in total. The smallest absolute Gasteiger partial charge is 0.311 e. The van der Waals surface area contributed by atoms with E-state index in [1.165, 1.54) is 0 Å². The lowest BCUT2D eigenvalue weighted by atomic mass is 9.74. The molecule has 0 aliphatic heterocycles. The van der Waals surface area contributed by atoms with E-state index in [2.05, 4.69) is 171 Å². The zero-order chi connectivity index (χ0) is 66.3. The van der Waals surface area contributed by atoms with E-state index in [9.17, 15) is 29.7 Å². The molecule has 9 heteroatoms. The van der Waals surface area contributed by atoms with Gasteiger partial charge in [0.15, 0.2) is 0 Å². The van der Waals surface area contributed by atoms with Gasteiger partial charge >= 0.3 is 17.9 Å². The van der Waals surface area contributed by atoms with E-state index in [1.54, 1.807) is 0 Å². The van der Waals surface area contributed by atoms with Crippen LogP contribution in [0, 0.1) is 41.5 Å². The highest BCUT2D eigenvalue weighted by Crippen LogP contribution is 2.47. The lowest BCUT2D eigenvalue weighted by molar-refractivity contribution is -0.135. The Hall–Kier alpha value is -6.87. The van der Waals surface area contributed by atoms with E-state index in [0.29, 0.717) is 48.7 Å². The van der Waals surface area contributed by atoms with Crippen molar-refractivity contribution in [3.05, 3.63) is 173 Å². The molecule has 6 aromatic rings. The first-order valence-electron chi connectivity index (χ1n) is 31.8. The van der Waals surface area contributed by atoms with Crippen molar-refractivity contribution in [1.29, 1.82) is 0 Å². The number of carbonyl (C=O) groups is 3. The summed E-state index contributed by atoms with van der Waals surface area (Å²) in [5.74, 6) is 1.24. The van der Waals surface area contributed by atoms with E-state index in [0.717, 1.165) is 100 Å². The molecule has 0 aliphatic carbocycles. The molecule has 1 unspecified atom stereocenters. The van der Waals surface area contributed by atoms with Gasteiger partial charge in [-0.05, 0) is 207 Å². The van der Waals surface area contributed by atoms with Crippen molar-refractivity contribution < 1.29 is 43.9 Å². The standard InChI is InChI=1S/C79H106O9/c1-45(55-42-59(74(8,9)10)65(36-46(55)2)86-68(80)29-26-52-32-49(5)71(83)62(39-52)77(17,18)19)35-58(56-43-60(75(11,12)13)66(37-47(56)3)87-69(81)30-27-53-33-50(6)72(84)63(40-53)78(20,21)22)57-44-61(76(14,15)16)67(38-48(57)4)88-70(82)31-28-54-34-51(7)73(85)64(41-54)79(23,24)25/h32-34,36-45,58,83-85H,26-31,35H2,1-25H3. The minimum Gasteiger partial charge on any atom is -0.507 e. The fraction of sp³-hybridized carbons (Fsp3) is 0.506. The molecule has 0 amide bonds. The van der Waals surface area contributed by atoms with Crippen LogP contribution >= 0.6 is 0 Å². The Labute approximate surface area is 529 Å². The van der Waals surface area contributed by atoms with Crippen molar-refractivity contribution in [3.8, 4) is 34.5 Å². The number of carbonyl (C=O) groups excluding carboxylic acids is 3. The first kappa shape index (κ1) is 70.2. The average molecular weight is 1200 g/mol. The lowest BCUT2D eigenvalue weighted by Crippen LogP contribution is -2.21. The molecular weight excluding hydrogens is 1090 g/mol. The molecule has 1 atom stereocenters. The Morgan fingerprint density at radius 3 is 0.830 bits per heavy atom. The van der Waals surface area contributed by atoms with Crippen LogP contribution < -0.4 is 14.2 Å². The van der Waals surface area contributed by atoms with E-state index in [4.69, 9.17) is 14.2 Å². The maximum Gasteiger partial charge on any atom is 0.311 e. The highest BCUT2D eigenvalue weighted by molar-refractivity contribution is 5.75. The number of hydrogen-bond donors (Lipinski definition) is 3. The van der Waals surface area contributed by atoms with Crippen LogP contribution in [0.2, 0.25) is 0 Å². The number of aromatic hydroxyl groups is 3. The maximum atomic E-state index is 14.0. The van der Waals surface area contributed by atoms with Crippen LogP contribution in [0.4, 0.5) is 0 Å². The van der Waals surface area contributed by atoms with Crippen molar-refractivity contribution in [2.24, 2.45) is 0 Å². The van der Waals surface area contributed by atoms with Crippen molar-refractivity contribution in [3.63, 3.8) is 0 Å². The molecular formula is C79H106O9. The second kappa shape index (κ2) is 26.3. The third-order valence-electron chi connectivity index (χ3n) is 17.4. The van der Waals surface area contributed by atoms with E-state index in [-0.39, 0.29) is 82.2 Å². The fourth-order valence-electron chi connectivity index (χ4n) is 12.3. The van der Waals surface area contributed by atoms with Crippen LogP contribution in [0.25, 0.3) is 0 Å². The third kappa shape index (κ3) is 17.1. The van der Waals surface area contributed by atoms with E-state index in [1.807, 2.05) is 75.4 Å². The van der Waals surface area contributed by atoms with Gasteiger partial charge < -0.3 is 29.5 Å². The monoisotopic (exact) mass is 1200 g/mol. The van der Waals surface area contributed by atoms with Crippen LogP contribution in [0.1, 0.15) is 269 Å². The molecule has 0 fully saturated rings. The minimum absolute atomic E-state index is 0.0275. The van der Waals surface area contributed by atoms with Gasteiger partial charge in [0.2, 0.25) is 0 Å². The summed E-state index contributed by atoms with van der Waals surface area (Å²) in [6.45, 7) is 52.2. The third-order valence-corrected chi connectivity index (χ3v) is 17.4. The molecule has 6 rings (SSSR count). The van der Waals surface area contributed by atoms with Gasteiger partial charge in [-0.25, -0.2) is 0 Å². The van der Waals surface area contributed by atoms with Gasteiger partial charge in [-0.15, -0.1) is 0 Å². The van der Waals surface area contributed by atoms with Gasteiger partial charge in [0, 0.05) is 41.9 Å². The zero-order valence-electron chi connectivity index (χ0n) is 58.3. The van der Waals surface area contributed by atoms with Gasteiger partial charge in [0.1, 0.15) is 34.5 Å². The normalized spacial score (nSPS) is 13.0. The fourth-order valence-corrected chi connectivity index (χ4v) is 12.3. The number of rotatable bonds is 17. The van der Waals surface area contributed by atoms with Crippen LogP contribution in [0.15, 0.2) is 72.8 Å². The number of esters is 3. The molecule has 0 aliphatic rings. The topological polar surface area (TPSA) is 140 Å². The highest BCUT2D eigenvalue weighted by atomic mass is 16.5. The highest BCUT2D eigenvalue weighted by Gasteiger charge is 2.33. The van der Waals surface area contributed by atoms with Crippen molar-refractivity contribution in [1.82, 2.24) is 0 Å². The number of benzene rings is 6. The number of ether oxygens (including phenoxy) is 3. The minimum atomic E-state index is -0.440. The van der Waals surface area contributed by atoms with Crippen molar-refractivity contribution in [2.45, 2.75) is 262 Å². The Morgan fingerprint density at radius 1 is 0.341 bits per heavy atom. The SMILES string of the molecule is Cc1cc(OC(=O)CCc2cc(C)c(O)c(C(C)(C)C)c2)c(C(C)(C)C)cc1C(C)CC(c1cc(C(C)(C)C)c(OC(=O)CCc2cc(C)c(O)c(C(C)(C)C)c2)cc1C)c1cc(C(C)(C)C)c(OC(=O)CCc2cc(C)c(O)c(C(C)(C)C)c2)cc1C. The number of phenols is 3. The van der Waals surface area contributed by atoms with Gasteiger partial charge in [0.25, 0.3) is 0 Å². The van der Waals surface area contributed by atoms with E-state index < -0.39 is 10.8 Å². The predicted octanol–water partition coefficient (Wildman–Crippen LogP) is 19.4. The average Bonchev–Trinajstić information content (AvgIpc) is 2.07. The largest absolute Gasteiger partial charge is 0.507 e. The summed E-state index contributed by atoms with van der Waals surface area (Å²) < 4.78 is 19.1. The predicted molar refractivity (Wildman–Crippen MR) is 361 cm³/mol. The summed E-state index contributed by atoms with van der Waals surface area (Å²) in [5, 5.41) is 32.7. The van der Waals surface area contributed by atoms with Gasteiger partial charge in [0.05, 0.1) is 0 Å². The molecule has 88 heavy (non-hydrogen) atoms. The quantitative estimate of drug-likeness (QED) is 0.0601. The molecule has 0 bridgehead atoms. The molecule has 0 saturated carbocycles. The van der Waals surface area contributed by atoms with Gasteiger partial charge in [-0.2, -0.15) is 0 Å². The van der Waals surface area contributed by atoms with Crippen LogP contribution in [0.5, 0.6) is 34.5 Å². The van der Waals surface area contributed by atoms with Gasteiger partial charge in [-0.1, -0.05) is 186 Å². The molecule has 476 valence electrons. The number of phenolic OH excluding ortho intramolecular Hbond substituents is 3. The summed E-state index contributed by atoms with van der Waals surface area (Å²) in [6, 6.07) is 24.7. The molecule has 6 aromatic carbocycles. The molecule has 0 aromatic heterocycles. The number of aryl methyl sites for hydroxylation is 9. The summed E-state index contributed by atoms with van der Waals surface area (Å²) in [6.07, 6.45) is 2.55. The van der Waals surface area contributed by atoms with E-state index >= 15 is 0 Å². The lowest BCUT2D eigenvalue weighted by Gasteiger charge is -2.32. The summed E-state index contributed by atoms with van der Waals surface area (Å²) >= 11 is 0. The molecule has 0 radical (unpaired) electrons. The maximum absolute atomic E-state index is 14.0. The Bertz CT molecular complexity index is 3430. The zero-order valence-corrected chi connectivity index (χ0v) is 58.3. The van der Waals surface area contributed by atoms with Crippen molar-refractivity contribution >= 4 is 17.9 Å².